The Bertz CT molecular complexity index is 680. The number of urea groups is 1. The number of fused-ring (bicyclic) bond motifs is 1. The van der Waals surface area contributed by atoms with Crippen molar-refractivity contribution in [1.82, 2.24) is 15.1 Å². The van der Waals surface area contributed by atoms with Gasteiger partial charge < -0.3 is 5.32 Å². The first kappa shape index (κ1) is 15.6. The van der Waals surface area contributed by atoms with Crippen LogP contribution in [0.15, 0.2) is 36.5 Å². The van der Waals surface area contributed by atoms with Gasteiger partial charge in [-0.15, -0.1) is 0 Å². The number of benzene rings is 1. The Labute approximate surface area is 137 Å². The van der Waals surface area contributed by atoms with E-state index in [4.69, 9.17) is 0 Å². The van der Waals surface area contributed by atoms with Gasteiger partial charge in [0, 0.05) is 24.8 Å². The normalized spacial score (nSPS) is 15.5. The topological polar surface area (TPSA) is 59.0 Å². The smallest absolute Gasteiger partial charge is 0.320 e. The molecule has 2 amide bonds. The van der Waals surface area contributed by atoms with Crippen LogP contribution in [0.5, 0.6) is 0 Å². The number of nitrogens with one attached hydrogen (secondary N) is 2. The first-order valence-corrected chi connectivity index (χ1v) is 8.12. The molecule has 0 spiro atoms. The van der Waals surface area contributed by atoms with Gasteiger partial charge in [0.2, 0.25) is 0 Å². The number of carbonyl (C=O) groups is 1. The predicted molar refractivity (Wildman–Crippen MR) is 91.6 cm³/mol. The fourth-order valence-electron chi connectivity index (χ4n) is 3.16. The van der Waals surface area contributed by atoms with E-state index in [9.17, 15) is 4.79 Å². The zero-order chi connectivity index (χ0) is 16.4. The molecule has 1 aromatic carbocycles. The SMILES string of the molecule is CC(C)n1ccc(NC(=O)NCC2(C)Cc3ccccc3C2)n1. The maximum Gasteiger partial charge on any atom is 0.320 e. The fraction of sp³-hybridized carbons (Fsp3) is 0.444. The quantitative estimate of drug-likeness (QED) is 0.909. The monoisotopic (exact) mass is 312 g/mol. The van der Waals surface area contributed by atoms with Crippen LogP contribution in [-0.4, -0.2) is 22.4 Å². The molecule has 0 saturated heterocycles. The van der Waals surface area contributed by atoms with Crippen LogP contribution in [0.4, 0.5) is 10.6 Å². The lowest BCUT2D eigenvalue weighted by Gasteiger charge is -2.23. The molecule has 0 unspecified atom stereocenters. The summed E-state index contributed by atoms with van der Waals surface area (Å²) < 4.78 is 1.82. The van der Waals surface area contributed by atoms with Crippen LogP contribution in [0.1, 0.15) is 37.9 Å². The highest BCUT2D eigenvalue weighted by molar-refractivity contribution is 5.88. The van der Waals surface area contributed by atoms with Gasteiger partial charge in [0.1, 0.15) is 0 Å². The Morgan fingerprint density at radius 1 is 1.26 bits per heavy atom. The van der Waals surface area contributed by atoms with E-state index in [1.165, 1.54) is 11.1 Å². The van der Waals surface area contributed by atoms with E-state index in [0.717, 1.165) is 12.8 Å². The van der Waals surface area contributed by atoms with E-state index >= 15 is 0 Å². The second-order valence-corrected chi connectivity index (χ2v) is 7.02. The molecule has 0 radical (unpaired) electrons. The minimum atomic E-state index is -0.198. The van der Waals surface area contributed by atoms with Crippen LogP contribution in [0.25, 0.3) is 0 Å². The summed E-state index contributed by atoms with van der Waals surface area (Å²) in [6.07, 6.45) is 3.88. The Kier molecular flexibility index (Phi) is 4.11. The van der Waals surface area contributed by atoms with Crippen LogP contribution in [-0.2, 0) is 12.8 Å². The van der Waals surface area contributed by atoms with Gasteiger partial charge >= 0.3 is 6.03 Å². The highest BCUT2D eigenvalue weighted by Crippen LogP contribution is 2.35. The van der Waals surface area contributed by atoms with Crippen molar-refractivity contribution in [3.63, 3.8) is 0 Å². The summed E-state index contributed by atoms with van der Waals surface area (Å²) >= 11 is 0. The number of nitrogens with zero attached hydrogens (tertiary/aromatic N) is 2. The van der Waals surface area contributed by atoms with Gasteiger partial charge in [0.15, 0.2) is 5.82 Å². The summed E-state index contributed by atoms with van der Waals surface area (Å²) in [6.45, 7) is 6.98. The van der Waals surface area contributed by atoms with Gasteiger partial charge in [-0.2, -0.15) is 5.10 Å². The van der Waals surface area contributed by atoms with Crippen LogP contribution in [0, 0.1) is 5.41 Å². The lowest BCUT2D eigenvalue weighted by atomic mass is 9.87. The van der Waals surface area contributed by atoms with E-state index in [1.54, 1.807) is 0 Å². The summed E-state index contributed by atoms with van der Waals surface area (Å²) in [4.78, 5) is 12.1. The van der Waals surface area contributed by atoms with Gasteiger partial charge in [-0.05, 0) is 43.2 Å². The largest absolute Gasteiger partial charge is 0.337 e. The highest BCUT2D eigenvalue weighted by Gasteiger charge is 2.32. The van der Waals surface area contributed by atoms with Gasteiger partial charge in [-0.1, -0.05) is 31.2 Å². The minimum absolute atomic E-state index is 0.0817. The fourth-order valence-corrected chi connectivity index (χ4v) is 3.16. The average molecular weight is 312 g/mol. The molecule has 0 atom stereocenters. The maximum atomic E-state index is 12.1. The number of hydrogen-bond acceptors (Lipinski definition) is 2. The van der Waals surface area contributed by atoms with E-state index in [2.05, 4.69) is 60.8 Å². The van der Waals surface area contributed by atoms with Crippen molar-refractivity contribution in [2.45, 2.75) is 39.7 Å². The molecule has 1 heterocycles. The lowest BCUT2D eigenvalue weighted by molar-refractivity contribution is 0.243. The number of hydrogen-bond donors (Lipinski definition) is 2. The molecule has 0 aliphatic heterocycles. The van der Waals surface area contributed by atoms with Crippen molar-refractivity contribution in [2.75, 3.05) is 11.9 Å². The second-order valence-electron chi connectivity index (χ2n) is 7.02. The summed E-state index contributed by atoms with van der Waals surface area (Å²) in [7, 11) is 0. The van der Waals surface area contributed by atoms with Gasteiger partial charge in [-0.3, -0.25) is 10.00 Å². The maximum absolute atomic E-state index is 12.1. The molecule has 0 fully saturated rings. The predicted octanol–water partition coefficient (Wildman–Crippen LogP) is 3.39. The Morgan fingerprint density at radius 3 is 2.48 bits per heavy atom. The molecule has 5 nitrogen and oxygen atoms in total. The zero-order valence-electron chi connectivity index (χ0n) is 14.0. The first-order valence-electron chi connectivity index (χ1n) is 8.12. The van der Waals surface area contributed by atoms with E-state index in [-0.39, 0.29) is 17.5 Å². The van der Waals surface area contributed by atoms with E-state index in [0.29, 0.717) is 12.4 Å². The zero-order valence-corrected chi connectivity index (χ0v) is 14.0. The standard InChI is InChI=1S/C18H24N4O/c1-13(2)22-9-8-16(21-22)20-17(23)19-12-18(3)10-14-6-4-5-7-15(14)11-18/h4-9,13H,10-12H2,1-3H3,(H2,19,20,21,23). The highest BCUT2D eigenvalue weighted by atomic mass is 16.2. The number of anilines is 1. The molecule has 0 bridgehead atoms. The Balaban J connectivity index is 1.53. The molecule has 2 N–H and O–H groups in total. The van der Waals surface area contributed by atoms with Gasteiger partial charge in [-0.25, -0.2) is 4.79 Å². The molecule has 122 valence electrons. The van der Waals surface area contributed by atoms with E-state index < -0.39 is 0 Å². The van der Waals surface area contributed by atoms with Crippen LogP contribution in [0.3, 0.4) is 0 Å². The molecule has 23 heavy (non-hydrogen) atoms. The van der Waals surface area contributed by atoms with Crippen molar-refractivity contribution >= 4 is 11.8 Å². The van der Waals surface area contributed by atoms with Crippen LogP contribution in [0.2, 0.25) is 0 Å². The Morgan fingerprint density at radius 2 is 1.91 bits per heavy atom. The van der Waals surface area contributed by atoms with Crippen LogP contribution >= 0.6 is 0 Å². The van der Waals surface area contributed by atoms with Crippen molar-refractivity contribution in [1.29, 1.82) is 0 Å². The summed E-state index contributed by atoms with van der Waals surface area (Å²) in [5.74, 6) is 0.580. The van der Waals surface area contributed by atoms with Crippen LogP contribution < -0.4 is 10.6 Å². The molecular formula is C18H24N4O. The third-order valence-corrected chi connectivity index (χ3v) is 4.41. The van der Waals surface area contributed by atoms with E-state index in [1.807, 2.05) is 16.9 Å². The van der Waals surface area contributed by atoms with Gasteiger partial charge in [0.05, 0.1) is 0 Å². The number of carbonyl (C=O) groups excluding carboxylic acids is 1. The molecular weight excluding hydrogens is 288 g/mol. The van der Waals surface area contributed by atoms with Gasteiger partial charge in [0.25, 0.3) is 0 Å². The third-order valence-electron chi connectivity index (χ3n) is 4.41. The average Bonchev–Trinajstić information content (AvgIpc) is 3.09. The van der Waals surface area contributed by atoms with Crippen molar-refractivity contribution in [3.8, 4) is 0 Å². The molecule has 5 heteroatoms. The molecule has 3 rings (SSSR count). The summed E-state index contributed by atoms with van der Waals surface area (Å²) in [6, 6.07) is 10.4. The first-order chi connectivity index (χ1) is 11.0. The summed E-state index contributed by atoms with van der Waals surface area (Å²) in [5, 5.41) is 10.1. The lowest BCUT2D eigenvalue weighted by Crippen LogP contribution is -2.38. The summed E-state index contributed by atoms with van der Waals surface area (Å²) in [5.41, 5.74) is 2.87. The molecule has 1 aliphatic rings. The van der Waals surface area contributed by atoms with Crippen molar-refractivity contribution in [2.24, 2.45) is 5.41 Å². The van der Waals surface area contributed by atoms with Crippen molar-refractivity contribution < 1.29 is 4.79 Å². The van der Waals surface area contributed by atoms with Crippen molar-refractivity contribution in [3.05, 3.63) is 47.7 Å². The second kappa shape index (κ2) is 6.07. The minimum Gasteiger partial charge on any atom is -0.337 e. The molecule has 1 aromatic heterocycles. The Hall–Kier alpha value is -2.30. The molecule has 1 aliphatic carbocycles. The molecule has 0 saturated carbocycles. The number of rotatable bonds is 4. The number of amides is 2. The molecule has 2 aromatic rings. The number of aromatic nitrogens is 2. The third kappa shape index (κ3) is 3.55.